The number of hydrogen-bond acceptors (Lipinski definition) is 4. The Balaban J connectivity index is 0.00000242. The highest BCUT2D eigenvalue weighted by molar-refractivity contribution is 7.89. The minimum Gasteiger partial charge on any atom is -0.354 e. The number of aryl methyl sites for hydroxylation is 1. The highest BCUT2D eigenvalue weighted by Crippen LogP contribution is 2.22. The lowest BCUT2D eigenvalue weighted by molar-refractivity contribution is 0.0955. The minimum atomic E-state index is -3.53. The van der Waals surface area contributed by atoms with E-state index in [-0.39, 0.29) is 23.2 Å². The van der Waals surface area contributed by atoms with E-state index in [1.165, 1.54) is 28.2 Å². The van der Waals surface area contributed by atoms with Crippen LogP contribution >= 0.6 is 12.4 Å². The Kier molecular flexibility index (Phi) is 6.42. The molecule has 1 saturated heterocycles. The molecule has 1 aromatic heterocycles. The summed E-state index contributed by atoms with van der Waals surface area (Å²) in [6.45, 7) is 0.996. The third-order valence-electron chi connectivity index (χ3n) is 3.94. The molecule has 2 heterocycles. The van der Waals surface area contributed by atoms with Crippen LogP contribution in [0.5, 0.6) is 0 Å². The molecule has 22 heavy (non-hydrogen) atoms. The number of aromatic nitrogens is 1. The lowest BCUT2D eigenvalue weighted by atomic mass is 10.1. The van der Waals surface area contributed by atoms with Gasteiger partial charge in [-0.05, 0) is 26.0 Å². The lowest BCUT2D eigenvalue weighted by Gasteiger charge is -2.30. The molecule has 0 atom stereocenters. The molecule has 1 fully saturated rings. The zero-order chi connectivity index (χ0) is 15.6. The normalized spacial score (nSPS) is 17.0. The predicted molar refractivity (Wildman–Crippen MR) is 86.9 cm³/mol. The van der Waals surface area contributed by atoms with Gasteiger partial charge in [0.25, 0.3) is 5.91 Å². The quantitative estimate of drug-likeness (QED) is 0.811. The van der Waals surface area contributed by atoms with E-state index in [1.807, 2.05) is 7.05 Å². The Morgan fingerprint density at radius 1 is 1.27 bits per heavy atom. The van der Waals surface area contributed by atoms with Crippen molar-refractivity contribution in [2.75, 3.05) is 27.2 Å². The number of nitrogens with zero attached hydrogens (tertiary/aromatic N) is 2. The molecule has 0 radical (unpaired) electrons. The molecule has 1 aliphatic heterocycles. The molecular formula is C13H23ClN4O3S. The zero-order valence-corrected chi connectivity index (χ0v) is 14.6. The van der Waals surface area contributed by atoms with E-state index in [0.717, 1.165) is 12.8 Å². The molecule has 9 heteroatoms. The van der Waals surface area contributed by atoms with Crippen molar-refractivity contribution in [2.45, 2.75) is 23.8 Å². The van der Waals surface area contributed by atoms with Gasteiger partial charge in [0.1, 0.15) is 10.6 Å². The van der Waals surface area contributed by atoms with E-state index in [1.54, 1.807) is 7.05 Å². The SMILES string of the molecule is CNC(=O)c1cc(S(=O)(=O)N2CCC(NC)CC2)cn1C.Cl. The molecule has 0 bridgehead atoms. The molecule has 1 aromatic rings. The number of sulfonamides is 1. The van der Waals surface area contributed by atoms with Crippen LogP contribution in [0.3, 0.4) is 0 Å². The fourth-order valence-corrected chi connectivity index (χ4v) is 4.10. The number of carbonyl (C=O) groups excluding carboxylic acids is 1. The van der Waals surface area contributed by atoms with Crippen LogP contribution in [0.15, 0.2) is 17.2 Å². The first-order valence-electron chi connectivity index (χ1n) is 6.96. The van der Waals surface area contributed by atoms with Crippen LogP contribution in [-0.4, -0.2) is 56.4 Å². The number of rotatable bonds is 4. The number of nitrogens with one attached hydrogen (secondary N) is 2. The Morgan fingerprint density at radius 2 is 1.86 bits per heavy atom. The molecule has 1 aliphatic rings. The minimum absolute atomic E-state index is 0. The average molecular weight is 351 g/mol. The van der Waals surface area contributed by atoms with Gasteiger partial charge in [0.15, 0.2) is 0 Å². The number of carbonyl (C=O) groups is 1. The maximum Gasteiger partial charge on any atom is 0.267 e. The molecular weight excluding hydrogens is 328 g/mol. The highest BCUT2D eigenvalue weighted by Gasteiger charge is 2.30. The van der Waals surface area contributed by atoms with Crippen LogP contribution in [0.4, 0.5) is 0 Å². The fraction of sp³-hybridized carbons (Fsp3) is 0.615. The van der Waals surface area contributed by atoms with Gasteiger partial charge < -0.3 is 15.2 Å². The largest absolute Gasteiger partial charge is 0.354 e. The van der Waals surface area contributed by atoms with Crippen LogP contribution in [0.1, 0.15) is 23.3 Å². The van der Waals surface area contributed by atoms with Crippen LogP contribution in [0.25, 0.3) is 0 Å². The van der Waals surface area contributed by atoms with E-state index in [4.69, 9.17) is 0 Å². The second-order valence-electron chi connectivity index (χ2n) is 5.22. The molecule has 0 aromatic carbocycles. The predicted octanol–water partition coefficient (Wildman–Crippen LogP) is 0.179. The summed E-state index contributed by atoms with van der Waals surface area (Å²) in [5, 5.41) is 5.68. The lowest BCUT2D eigenvalue weighted by Crippen LogP contribution is -2.43. The molecule has 0 aliphatic carbocycles. The van der Waals surface area contributed by atoms with Gasteiger partial charge in [-0.3, -0.25) is 4.79 Å². The maximum atomic E-state index is 12.6. The topological polar surface area (TPSA) is 83.4 Å². The third-order valence-corrected chi connectivity index (χ3v) is 5.80. The first-order valence-corrected chi connectivity index (χ1v) is 8.40. The van der Waals surface area contributed by atoms with E-state index >= 15 is 0 Å². The standard InChI is InChI=1S/C13H22N4O3S.ClH/c1-14-10-4-6-17(7-5-10)21(19,20)11-8-12(13(18)15-2)16(3)9-11;/h8-10,14H,4-7H2,1-3H3,(H,15,18);1H. The van der Waals surface area contributed by atoms with Crippen molar-refractivity contribution in [2.24, 2.45) is 7.05 Å². The summed E-state index contributed by atoms with van der Waals surface area (Å²) >= 11 is 0. The van der Waals surface area contributed by atoms with E-state index in [2.05, 4.69) is 10.6 Å². The number of amides is 1. The molecule has 0 unspecified atom stereocenters. The fourth-order valence-electron chi connectivity index (χ4n) is 2.56. The first kappa shape index (κ1) is 19.0. The van der Waals surface area contributed by atoms with Crippen LogP contribution in [-0.2, 0) is 17.1 Å². The van der Waals surface area contributed by atoms with Crippen molar-refractivity contribution < 1.29 is 13.2 Å². The summed E-state index contributed by atoms with van der Waals surface area (Å²) < 4.78 is 28.3. The van der Waals surface area contributed by atoms with Gasteiger partial charge >= 0.3 is 0 Å². The second kappa shape index (κ2) is 7.45. The molecule has 0 spiro atoms. The number of hydrogen-bond donors (Lipinski definition) is 2. The molecule has 0 saturated carbocycles. The number of halogens is 1. The van der Waals surface area contributed by atoms with Crippen molar-refractivity contribution >= 4 is 28.3 Å². The Morgan fingerprint density at radius 3 is 2.36 bits per heavy atom. The van der Waals surface area contributed by atoms with Gasteiger partial charge in [0.05, 0.1) is 0 Å². The van der Waals surface area contributed by atoms with Gasteiger partial charge in [0, 0.05) is 39.4 Å². The van der Waals surface area contributed by atoms with Gasteiger partial charge in [-0.25, -0.2) is 8.42 Å². The Labute approximate surface area is 137 Å². The van der Waals surface area contributed by atoms with Crippen molar-refractivity contribution in [3.63, 3.8) is 0 Å². The average Bonchev–Trinajstić information content (AvgIpc) is 2.89. The smallest absolute Gasteiger partial charge is 0.267 e. The monoisotopic (exact) mass is 350 g/mol. The van der Waals surface area contributed by atoms with Gasteiger partial charge in [-0.1, -0.05) is 0 Å². The van der Waals surface area contributed by atoms with E-state index in [9.17, 15) is 13.2 Å². The number of piperidine rings is 1. The summed E-state index contributed by atoms with van der Waals surface area (Å²) in [5.41, 5.74) is 0.334. The zero-order valence-electron chi connectivity index (χ0n) is 13.0. The molecule has 2 N–H and O–H groups in total. The van der Waals surface area contributed by atoms with Crippen LogP contribution in [0, 0.1) is 0 Å². The Hall–Kier alpha value is -1.09. The van der Waals surface area contributed by atoms with E-state index < -0.39 is 10.0 Å². The van der Waals surface area contributed by atoms with Crippen molar-refractivity contribution in [3.05, 3.63) is 18.0 Å². The molecule has 126 valence electrons. The summed E-state index contributed by atoms with van der Waals surface area (Å²) in [6.07, 6.45) is 3.08. The van der Waals surface area contributed by atoms with Crippen LogP contribution in [0.2, 0.25) is 0 Å². The first-order chi connectivity index (χ1) is 9.90. The molecule has 2 rings (SSSR count). The summed E-state index contributed by atoms with van der Waals surface area (Å²) in [5.74, 6) is -0.298. The highest BCUT2D eigenvalue weighted by atomic mass is 35.5. The van der Waals surface area contributed by atoms with Crippen molar-refractivity contribution in [1.29, 1.82) is 0 Å². The molecule has 1 amide bonds. The summed E-state index contributed by atoms with van der Waals surface area (Å²) in [7, 11) is 1.54. The second-order valence-corrected chi connectivity index (χ2v) is 7.16. The van der Waals surface area contributed by atoms with Gasteiger partial charge in [-0.15, -0.1) is 12.4 Å². The maximum absolute atomic E-state index is 12.6. The molecule has 7 nitrogen and oxygen atoms in total. The Bertz CT molecular complexity index is 621. The summed E-state index contributed by atoms with van der Waals surface area (Å²) in [6, 6.07) is 1.80. The van der Waals surface area contributed by atoms with Crippen LogP contribution < -0.4 is 10.6 Å². The van der Waals surface area contributed by atoms with Crippen molar-refractivity contribution in [1.82, 2.24) is 19.5 Å². The van der Waals surface area contributed by atoms with Crippen molar-refractivity contribution in [3.8, 4) is 0 Å². The van der Waals surface area contributed by atoms with E-state index in [0.29, 0.717) is 24.8 Å². The third kappa shape index (κ3) is 3.62. The van der Waals surface area contributed by atoms with Gasteiger partial charge in [-0.2, -0.15) is 4.31 Å². The summed E-state index contributed by atoms with van der Waals surface area (Å²) in [4.78, 5) is 11.9. The van der Waals surface area contributed by atoms with Gasteiger partial charge in [0.2, 0.25) is 10.0 Å².